The van der Waals surface area contributed by atoms with E-state index in [1.54, 1.807) is 0 Å². The number of thioether (sulfide) groups is 1. The molecule has 0 heterocycles. The van der Waals surface area contributed by atoms with E-state index in [0.29, 0.717) is 18.4 Å². The molecule has 0 aromatic heterocycles. The molecule has 156 valence electrons. The third kappa shape index (κ3) is 17.2. The normalized spacial score (nSPS) is 12.5. The van der Waals surface area contributed by atoms with E-state index in [0.717, 1.165) is 25.7 Å². The maximum Gasteiger partial charge on any atom is 0.303 e. The summed E-state index contributed by atoms with van der Waals surface area (Å²) < 4.78 is 0. The van der Waals surface area contributed by atoms with E-state index in [1.807, 2.05) is 0 Å². The van der Waals surface area contributed by atoms with Crippen molar-refractivity contribution in [2.45, 2.75) is 105 Å². The van der Waals surface area contributed by atoms with Gasteiger partial charge in [-0.25, -0.2) is 0 Å². The molecule has 0 rings (SSSR count). The van der Waals surface area contributed by atoms with Crippen LogP contribution in [0.1, 0.15) is 105 Å². The number of hydrogen-bond donors (Lipinski definition) is 2. The molecule has 0 radical (unpaired) electrons. The molecule has 0 saturated carbocycles. The molecular weight excluding hydrogens is 344 g/mol. The molecule has 0 unspecified atom stereocenters. The summed E-state index contributed by atoms with van der Waals surface area (Å²) in [5.41, 5.74) is 0.546. The van der Waals surface area contributed by atoms with Crippen LogP contribution in [-0.4, -0.2) is 34.3 Å². The molecule has 0 amide bonds. The van der Waals surface area contributed by atoms with Crippen molar-refractivity contribution >= 4 is 17.7 Å². The topological polar surface area (TPSA) is 57.5 Å². The largest absolute Gasteiger partial charge is 0.481 e. The van der Waals surface area contributed by atoms with E-state index >= 15 is 0 Å². The highest BCUT2D eigenvalue weighted by Gasteiger charge is 2.18. The molecule has 2 N–H and O–H groups in total. The number of carbonyl (C=O) groups is 1. The second-order valence-electron chi connectivity index (χ2n) is 9.28. The Morgan fingerprint density at radius 1 is 0.731 bits per heavy atom. The number of aliphatic hydroxyl groups is 1. The van der Waals surface area contributed by atoms with Crippen molar-refractivity contribution in [3.8, 4) is 0 Å². The molecule has 0 bridgehead atoms. The maximum absolute atomic E-state index is 10.7. The molecule has 0 spiro atoms. The fraction of sp³-hybridized carbons (Fsp3) is 0.955. The van der Waals surface area contributed by atoms with Crippen LogP contribution in [0.2, 0.25) is 0 Å². The van der Waals surface area contributed by atoms with Gasteiger partial charge >= 0.3 is 5.97 Å². The summed E-state index contributed by atoms with van der Waals surface area (Å²) in [4.78, 5) is 10.7. The monoisotopic (exact) mass is 388 g/mol. The first-order chi connectivity index (χ1) is 12.2. The lowest BCUT2D eigenvalue weighted by Crippen LogP contribution is -2.13. The number of carboxylic acids is 1. The number of aliphatic carboxylic acids is 1. The van der Waals surface area contributed by atoms with Gasteiger partial charge in [-0.2, -0.15) is 11.8 Å². The summed E-state index contributed by atoms with van der Waals surface area (Å²) in [6.45, 7) is 9.34. The van der Waals surface area contributed by atoms with Gasteiger partial charge in [0, 0.05) is 13.0 Å². The Morgan fingerprint density at radius 2 is 1.19 bits per heavy atom. The van der Waals surface area contributed by atoms with E-state index in [4.69, 9.17) is 10.2 Å². The van der Waals surface area contributed by atoms with Gasteiger partial charge in [-0.3, -0.25) is 4.79 Å². The van der Waals surface area contributed by atoms with Gasteiger partial charge in [-0.05, 0) is 67.3 Å². The highest BCUT2D eigenvalue weighted by atomic mass is 32.2. The van der Waals surface area contributed by atoms with Crippen molar-refractivity contribution in [3.63, 3.8) is 0 Å². The van der Waals surface area contributed by atoms with Crippen LogP contribution in [0.25, 0.3) is 0 Å². The second kappa shape index (κ2) is 14.8. The number of rotatable bonds is 18. The first kappa shape index (κ1) is 25.8. The number of unbranched alkanes of at least 4 members (excludes halogenated alkanes) is 4. The lowest BCUT2D eigenvalue weighted by molar-refractivity contribution is -0.137. The average Bonchev–Trinajstić information content (AvgIpc) is 2.56. The predicted octanol–water partition coefficient (Wildman–Crippen LogP) is 6.53. The van der Waals surface area contributed by atoms with E-state index < -0.39 is 5.97 Å². The molecule has 3 nitrogen and oxygen atoms in total. The summed E-state index contributed by atoms with van der Waals surface area (Å²) in [7, 11) is 0. The standard InChI is InChI=1S/C22H44O3S/c1-21(2,15-11-17-23)13-7-5-9-18-26-19-10-6-8-14-22(3,4)16-12-20(24)25/h23H,5-19H2,1-4H3,(H,24,25). The van der Waals surface area contributed by atoms with Gasteiger partial charge in [-0.15, -0.1) is 0 Å². The van der Waals surface area contributed by atoms with Gasteiger partial charge in [0.05, 0.1) is 0 Å². The lowest BCUT2D eigenvalue weighted by atomic mass is 9.82. The second-order valence-corrected chi connectivity index (χ2v) is 10.5. The molecule has 0 aromatic carbocycles. The van der Waals surface area contributed by atoms with Crippen molar-refractivity contribution in [1.82, 2.24) is 0 Å². The molecule has 0 atom stereocenters. The van der Waals surface area contributed by atoms with E-state index in [-0.39, 0.29) is 5.41 Å². The SMILES string of the molecule is CC(C)(CCCO)CCCCCSCCCCCC(C)(C)CCC(=O)O. The summed E-state index contributed by atoms with van der Waals surface area (Å²) >= 11 is 2.09. The Labute approximate surface area is 166 Å². The predicted molar refractivity (Wildman–Crippen MR) is 115 cm³/mol. The quantitative estimate of drug-likeness (QED) is 0.262. The number of carboxylic acid groups (broad SMARTS) is 1. The van der Waals surface area contributed by atoms with Crippen molar-refractivity contribution in [1.29, 1.82) is 0 Å². The van der Waals surface area contributed by atoms with Crippen LogP contribution < -0.4 is 0 Å². The Kier molecular flexibility index (Phi) is 14.7. The van der Waals surface area contributed by atoms with E-state index in [1.165, 1.54) is 56.5 Å². The Balaban J connectivity index is 3.42. The van der Waals surface area contributed by atoms with Crippen LogP contribution in [0.5, 0.6) is 0 Å². The van der Waals surface area contributed by atoms with Crippen molar-refractivity contribution in [2.75, 3.05) is 18.1 Å². The van der Waals surface area contributed by atoms with Crippen molar-refractivity contribution < 1.29 is 15.0 Å². The summed E-state index contributed by atoms with van der Waals surface area (Å²) in [6.07, 6.45) is 13.3. The van der Waals surface area contributed by atoms with Crippen LogP contribution in [0.4, 0.5) is 0 Å². The van der Waals surface area contributed by atoms with E-state index in [2.05, 4.69) is 39.5 Å². The molecule has 0 aromatic rings. The average molecular weight is 389 g/mol. The van der Waals surface area contributed by atoms with Gasteiger partial charge in [0.1, 0.15) is 0 Å². The first-order valence-electron chi connectivity index (χ1n) is 10.6. The van der Waals surface area contributed by atoms with Crippen molar-refractivity contribution in [2.24, 2.45) is 10.8 Å². The molecule has 0 aliphatic heterocycles. The lowest BCUT2D eigenvalue weighted by Gasteiger charge is -2.24. The van der Waals surface area contributed by atoms with Crippen LogP contribution in [-0.2, 0) is 4.79 Å². The van der Waals surface area contributed by atoms with Crippen LogP contribution in [0.3, 0.4) is 0 Å². The molecule has 4 heteroatoms. The van der Waals surface area contributed by atoms with E-state index in [9.17, 15) is 4.79 Å². The third-order valence-corrected chi connectivity index (χ3v) is 6.47. The number of hydrogen-bond acceptors (Lipinski definition) is 3. The summed E-state index contributed by atoms with van der Waals surface area (Å²) in [5.74, 6) is 1.86. The smallest absolute Gasteiger partial charge is 0.303 e. The minimum atomic E-state index is -0.678. The summed E-state index contributed by atoms with van der Waals surface area (Å²) in [6, 6.07) is 0. The fourth-order valence-electron chi connectivity index (χ4n) is 3.32. The van der Waals surface area contributed by atoms with Gasteiger partial charge in [0.25, 0.3) is 0 Å². The maximum atomic E-state index is 10.7. The zero-order valence-electron chi connectivity index (χ0n) is 17.8. The Bertz CT molecular complexity index is 353. The van der Waals surface area contributed by atoms with Gasteiger partial charge < -0.3 is 10.2 Å². The zero-order valence-corrected chi connectivity index (χ0v) is 18.6. The Morgan fingerprint density at radius 3 is 1.65 bits per heavy atom. The van der Waals surface area contributed by atoms with Gasteiger partial charge in [0.15, 0.2) is 0 Å². The fourth-order valence-corrected chi connectivity index (χ4v) is 4.34. The first-order valence-corrected chi connectivity index (χ1v) is 11.7. The van der Waals surface area contributed by atoms with Crippen LogP contribution in [0, 0.1) is 10.8 Å². The molecule has 0 fully saturated rings. The van der Waals surface area contributed by atoms with Crippen LogP contribution >= 0.6 is 11.8 Å². The van der Waals surface area contributed by atoms with Gasteiger partial charge in [-0.1, -0.05) is 53.4 Å². The highest BCUT2D eigenvalue weighted by molar-refractivity contribution is 7.99. The molecular formula is C22H44O3S. The third-order valence-electron chi connectivity index (χ3n) is 5.31. The number of aliphatic hydroxyl groups excluding tert-OH is 1. The molecule has 0 aliphatic rings. The zero-order chi connectivity index (χ0) is 19.9. The molecule has 0 aliphatic carbocycles. The van der Waals surface area contributed by atoms with Gasteiger partial charge in [0.2, 0.25) is 0 Å². The minimum absolute atomic E-state index is 0.163. The van der Waals surface area contributed by atoms with Crippen LogP contribution in [0.15, 0.2) is 0 Å². The summed E-state index contributed by atoms with van der Waals surface area (Å²) in [5, 5.41) is 17.7. The highest BCUT2D eigenvalue weighted by Crippen LogP contribution is 2.30. The molecule has 0 saturated heterocycles. The Hall–Kier alpha value is -0.220. The van der Waals surface area contributed by atoms with Crippen molar-refractivity contribution in [3.05, 3.63) is 0 Å². The molecule has 26 heavy (non-hydrogen) atoms. The minimum Gasteiger partial charge on any atom is -0.481 e.